The lowest BCUT2D eigenvalue weighted by Gasteiger charge is -2.29. The first-order chi connectivity index (χ1) is 7.00. The second kappa shape index (κ2) is 3.94. The Bertz CT molecular complexity index is 463. The average molecular weight is 266 g/mol. The van der Waals surface area contributed by atoms with Gasteiger partial charge in [-0.05, 0) is 24.6 Å². The summed E-state index contributed by atoms with van der Waals surface area (Å²) in [6, 6.07) is 4.35. The molecule has 0 aromatic heterocycles. The number of rotatable bonds is 2. The van der Waals surface area contributed by atoms with E-state index < -0.39 is 10.0 Å². The van der Waals surface area contributed by atoms with E-state index in [2.05, 4.69) is 0 Å². The molecule has 2 rings (SSSR count). The van der Waals surface area contributed by atoms with E-state index in [-0.39, 0.29) is 4.90 Å². The molecule has 1 aromatic rings. The Morgan fingerprint density at radius 2 is 1.60 bits per heavy atom. The fraction of sp³-hybridized carbons (Fsp3) is 0.333. The number of nitrogens with zero attached hydrogens (tertiary/aromatic N) is 1. The Morgan fingerprint density at radius 3 is 2.00 bits per heavy atom. The first kappa shape index (κ1) is 11.2. The van der Waals surface area contributed by atoms with Gasteiger partial charge in [0.15, 0.2) is 0 Å². The molecule has 1 heterocycles. The minimum atomic E-state index is -3.38. The van der Waals surface area contributed by atoms with E-state index in [1.807, 2.05) is 0 Å². The van der Waals surface area contributed by atoms with Crippen LogP contribution in [0.5, 0.6) is 0 Å². The van der Waals surface area contributed by atoms with Crippen molar-refractivity contribution in [2.24, 2.45) is 0 Å². The van der Waals surface area contributed by atoms with Gasteiger partial charge < -0.3 is 0 Å². The van der Waals surface area contributed by atoms with Crippen molar-refractivity contribution in [2.75, 3.05) is 13.1 Å². The van der Waals surface area contributed by atoms with Crippen LogP contribution in [-0.2, 0) is 10.0 Å². The molecular weight excluding hydrogens is 257 g/mol. The average Bonchev–Trinajstić information content (AvgIpc) is 1.97. The number of benzene rings is 1. The maximum atomic E-state index is 11.9. The van der Waals surface area contributed by atoms with Gasteiger partial charge in [0.1, 0.15) is 0 Å². The summed E-state index contributed by atoms with van der Waals surface area (Å²) in [7, 11) is -3.38. The molecule has 1 aliphatic heterocycles. The third kappa shape index (κ3) is 2.13. The SMILES string of the molecule is O=S(=O)(c1cc(Cl)cc(Cl)c1)N1CCC1. The van der Waals surface area contributed by atoms with Crippen LogP contribution in [0.25, 0.3) is 0 Å². The smallest absolute Gasteiger partial charge is 0.207 e. The van der Waals surface area contributed by atoms with Crippen LogP contribution in [0.15, 0.2) is 23.1 Å². The molecule has 0 N–H and O–H groups in total. The van der Waals surface area contributed by atoms with Crippen molar-refractivity contribution in [2.45, 2.75) is 11.3 Å². The van der Waals surface area contributed by atoms with Crippen molar-refractivity contribution in [3.05, 3.63) is 28.2 Å². The van der Waals surface area contributed by atoms with Crippen molar-refractivity contribution >= 4 is 33.2 Å². The summed E-state index contributed by atoms with van der Waals surface area (Å²) < 4.78 is 25.3. The molecule has 0 radical (unpaired) electrons. The topological polar surface area (TPSA) is 37.4 Å². The van der Waals surface area contributed by atoms with Crippen molar-refractivity contribution in [1.82, 2.24) is 4.31 Å². The summed E-state index contributed by atoms with van der Waals surface area (Å²) in [5, 5.41) is 0.670. The zero-order valence-electron chi connectivity index (χ0n) is 7.78. The summed E-state index contributed by atoms with van der Waals surface area (Å²) in [5.41, 5.74) is 0. The summed E-state index contributed by atoms with van der Waals surface area (Å²) in [5.74, 6) is 0. The fourth-order valence-electron chi connectivity index (χ4n) is 1.35. The molecule has 0 spiro atoms. The molecule has 0 unspecified atom stereocenters. The molecule has 3 nitrogen and oxygen atoms in total. The Balaban J connectivity index is 2.44. The largest absolute Gasteiger partial charge is 0.243 e. The Labute approximate surface area is 98.6 Å². The molecule has 1 fully saturated rings. The van der Waals surface area contributed by atoms with Crippen LogP contribution in [0, 0.1) is 0 Å². The van der Waals surface area contributed by atoms with Crippen molar-refractivity contribution in [3.63, 3.8) is 0 Å². The van der Waals surface area contributed by atoms with Gasteiger partial charge in [-0.1, -0.05) is 23.2 Å². The first-order valence-electron chi connectivity index (χ1n) is 4.46. The zero-order chi connectivity index (χ0) is 11.1. The molecule has 15 heavy (non-hydrogen) atoms. The van der Waals surface area contributed by atoms with Crippen LogP contribution in [0.2, 0.25) is 10.0 Å². The molecule has 1 aromatic carbocycles. The Hall–Kier alpha value is -0.290. The van der Waals surface area contributed by atoms with Gasteiger partial charge in [0, 0.05) is 23.1 Å². The van der Waals surface area contributed by atoms with Crippen LogP contribution in [-0.4, -0.2) is 25.8 Å². The quantitative estimate of drug-likeness (QED) is 0.824. The molecule has 6 heteroatoms. The molecule has 0 atom stereocenters. The standard InChI is InChI=1S/C9H9Cl2NO2S/c10-7-4-8(11)6-9(5-7)15(13,14)12-2-1-3-12/h4-6H,1-3H2. The Morgan fingerprint density at radius 1 is 1.07 bits per heavy atom. The molecule has 1 aliphatic rings. The molecule has 82 valence electrons. The van der Waals surface area contributed by atoms with Crippen LogP contribution in [0.4, 0.5) is 0 Å². The van der Waals surface area contributed by atoms with Crippen LogP contribution in [0.1, 0.15) is 6.42 Å². The summed E-state index contributed by atoms with van der Waals surface area (Å²) in [4.78, 5) is 0.166. The minimum Gasteiger partial charge on any atom is -0.207 e. The van der Waals surface area contributed by atoms with Crippen molar-refractivity contribution in [3.8, 4) is 0 Å². The monoisotopic (exact) mass is 265 g/mol. The predicted molar refractivity (Wildman–Crippen MR) is 59.8 cm³/mol. The van der Waals surface area contributed by atoms with Gasteiger partial charge in [-0.15, -0.1) is 0 Å². The van der Waals surface area contributed by atoms with E-state index in [0.29, 0.717) is 23.1 Å². The predicted octanol–water partition coefficient (Wildman–Crippen LogP) is 2.39. The highest BCUT2D eigenvalue weighted by atomic mass is 35.5. The van der Waals surface area contributed by atoms with Crippen molar-refractivity contribution in [1.29, 1.82) is 0 Å². The number of hydrogen-bond acceptors (Lipinski definition) is 2. The maximum Gasteiger partial charge on any atom is 0.243 e. The zero-order valence-corrected chi connectivity index (χ0v) is 10.1. The maximum absolute atomic E-state index is 11.9. The number of halogens is 2. The van der Waals surface area contributed by atoms with Gasteiger partial charge >= 0.3 is 0 Å². The fourth-order valence-corrected chi connectivity index (χ4v) is 3.60. The van der Waals surface area contributed by atoms with Gasteiger partial charge in [0.05, 0.1) is 4.90 Å². The second-order valence-electron chi connectivity index (χ2n) is 3.36. The number of sulfonamides is 1. The third-order valence-corrected chi connectivity index (χ3v) is 4.60. The van der Waals surface area contributed by atoms with Crippen LogP contribution >= 0.6 is 23.2 Å². The second-order valence-corrected chi connectivity index (χ2v) is 6.17. The summed E-state index contributed by atoms with van der Waals surface area (Å²) >= 11 is 11.5. The molecule has 0 bridgehead atoms. The van der Waals surface area contributed by atoms with E-state index in [0.717, 1.165) is 6.42 Å². The van der Waals surface area contributed by atoms with Crippen molar-refractivity contribution < 1.29 is 8.42 Å². The van der Waals surface area contributed by atoms with Gasteiger partial charge in [0.2, 0.25) is 10.0 Å². The lowest BCUT2D eigenvalue weighted by molar-refractivity contribution is 0.309. The summed E-state index contributed by atoms with van der Waals surface area (Å²) in [6.45, 7) is 1.15. The van der Waals surface area contributed by atoms with E-state index in [1.165, 1.54) is 22.5 Å². The highest BCUT2D eigenvalue weighted by Crippen LogP contribution is 2.26. The molecule has 0 aliphatic carbocycles. The van der Waals surface area contributed by atoms with E-state index in [9.17, 15) is 8.42 Å². The normalized spacial score (nSPS) is 17.5. The lowest BCUT2D eigenvalue weighted by Crippen LogP contribution is -2.41. The summed E-state index contributed by atoms with van der Waals surface area (Å²) in [6.07, 6.45) is 0.910. The first-order valence-corrected chi connectivity index (χ1v) is 6.66. The van der Waals surface area contributed by atoms with E-state index in [1.54, 1.807) is 0 Å². The Kier molecular flexibility index (Phi) is 2.94. The van der Waals surface area contributed by atoms with Crippen LogP contribution < -0.4 is 0 Å². The highest BCUT2D eigenvalue weighted by molar-refractivity contribution is 7.89. The van der Waals surface area contributed by atoms with E-state index >= 15 is 0 Å². The van der Waals surface area contributed by atoms with Crippen LogP contribution in [0.3, 0.4) is 0 Å². The lowest BCUT2D eigenvalue weighted by atomic mass is 10.3. The van der Waals surface area contributed by atoms with Gasteiger partial charge in [-0.3, -0.25) is 0 Å². The van der Waals surface area contributed by atoms with E-state index in [4.69, 9.17) is 23.2 Å². The third-order valence-electron chi connectivity index (χ3n) is 2.29. The van der Waals surface area contributed by atoms with Gasteiger partial charge in [-0.25, -0.2) is 8.42 Å². The molecule has 1 saturated heterocycles. The highest BCUT2D eigenvalue weighted by Gasteiger charge is 2.29. The number of hydrogen-bond donors (Lipinski definition) is 0. The van der Waals surface area contributed by atoms with Gasteiger partial charge in [-0.2, -0.15) is 4.31 Å². The molecule has 0 amide bonds. The molecule has 0 saturated carbocycles. The molecular formula is C9H9Cl2NO2S. The minimum absolute atomic E-state index is 0.166. The van der Waals surface area contributed by atoms with Gasteiger partial charge in [0.25, 0.3) is 0 Å².